The number of tetrazole rings is 1. The lowest BCUT2D eigenvalue weighted by Crippen LogP contribution is -2.11. The summed E-state index contributed by atoms with van der Waals surface area (Å²) in [5, 5.41) is 11.0. The first-order valence-corrected chi connectivity index (χ1v) is 5.68. The van der Waals surface area contributed by atoms with E-state index in [4.69, 9.17) is 5.73 Å². The van der Waals surface area contributed by atoms with E-state index in [9.17, 15) is 13.2 Å². The number of hydrogen-bond acceptors (Lipinski definition) is 4. The van der Waals surface area contributed by atoms with Gasteiger partial charge in [-0.05, 0) is 35.0 Å². The highest BCUT2D eigenvalue weighted by Crippen LogP contribution is 2.34. The average molecular weight is 271 g/mol. The fraction of sp³-hybridized carbons (Fsp3) is 0.364. The van der Waals surface area contributed by atoms with E-state index in [1.807, 2.05) is 6.92 Å². The van der Waals surface area contributed by atoms with Crippen LogP contribution in [0.25, 0.3) is 5.69 Å². The zero-order chi connectivity index (χ0) is 14.0. The Morgan fingerprint density at radius 2 is 2.05 bits per heavy atom. The maximum Gasteiger partial charge on any atom is 0.418 e. The number of rotatable bonds is 3. The van der Waals surface area contributed by atoms with Gasteiger partial charge < -0.3 is 5.73 Å². The van der Waals surface area contributed by atoms with E-state index in [0.717, 1.165) is 12.5 Å². The van der Waals surface area contributed by atoms with Crippen molar-refractivity contribution < 1.29 is 13.2 Å². The van der Waals surface area contributed by atoms with Gasteiger partial charge in [0.2, 0.25) is 0 Å². The third-order valence-corrected chi connectivity index (χ3v) is 2.59. The van der Waals surface area contributed by atoms with Crippen LogP contribution in [-0.4, -0.2) is 20.2 Å². The maximum absolute atomic E-state index is 12.8. The average Bonchev–Trinajstić information content (AvgIpc) is 2.77. The van der Waals surface area contributed by atoms with Crippen molar-refractivity contribution in [2.75, 3.05) is 5.73 Å². The van der Waals surface area contributed by atoms with Crippen LogP contribution in [-0.2, 0) is 12.6 Å². The van der Waals surface area contributed by atoms with Crippen molar-refractivity contribution in [2.24, 2.45) is 0 Å². The summed E-state index contributed by atoms with van der Waals surface area (Å²) in [5.74, 6) is 0.514. The Morgan fingerprint density at radius 1 is 1.32 bits per heavy atom. The minimum atomic E-state index is -4.50. The van der Waals surface area contributed by atoms with Gasteiger partial charge in [0.25, 0.3) is 0 Å². The molecule has 19 heavy (non-hydrogen) atoms. The van der Waals surface area contributed by atoms with Crippen LogP contribution in [0, 0.1) is 0 Å². The Labute approximate surface area is 107 Å². The number of aromatic nitrogens is 4. The minimum Gasteiger partial charge on any atom is -0.398 e. The molecule has 2 rings (SSSR count). The van der Waals surface area contributed by atoms with Crippen molar-refractivity contribution in [3.63, 3.8) is 0 Å². The van der Waals surface area contributed by atoms with Gasteiger partial charge >= 0.3 is 6.18 Å². The van der Waals surface area contributed by atoms with Crippen LogP contribution < -0.4 is 5.73 Å². The van der Waals surface area contributed by atoms with E-state index < -0.39 is 11.7 Å². The Hall–Kier alpha value is -2.12. The van der Waals surface area contributed by atoms with E-state index in [0.29, 0.717) is 12.2 Å². The summed E-state index contributed by atoms with van der Waals surface area (Å²) in [6, 6.07) is 3.61. The van der Waals surface area contributed by atoms with E-state index >= 15 is 0 Å². The standard InChI is InChI=1S/C11H12F3N5/c1-2-3-10-16-17-18-19(10)7-4-5-9(15)8(6-7)11(12,13)14/h4-6H,2-3,15H2,1H3. The zero-order valence-electron chi connectivity index (χ0n) is 10.1. The van der Waals surface area contributed by atoms with Gasteiger partial charge in [0.15, 0.2) is 5.82 Å². The molecule has 0 aliphatic rings. The number of nitrogen functional groups attached to an aromatic ring is 1. The first-order valence-electron chi connectivity index (χ1n) is 5.68. The van der Waals surface area contributed by atoms with Crippen LogP contribution in [0.15, 0.2) is 18.2 Å². The molecular formula is C11H12F3N5. The van der Waals surface area contributed by atoms with Crippen LogP contribution in [0.3, 0.4) is 0 Å². The lowest BCUT2D eigenvalue weighted by Gasteiger charge is -2.12. The molecule has 0 spiro atoms. The Kier molecular flexibility index (Phi) is 3.41. The molecule has 0 fully saturated rings. The Bertz CT molecular complexity index is 576. The first-order chi connectivity index (χ1) is 8.93. The molecule has 1 aromatic carbocycles. The summed E-state index contributed by atoms with van der Waals surface area (Å²) in [6.45, 7) is 1.93. The summed E-state index contributed by atoms with van der Waals surface area (Å²) in [5.41, 5.74) is 4.39. The van der Waals surface area contributed by atoms with Gasteiger partial charge in [-0.3, -0.25) is 0 Å². The van der Waals surface area contributed by atoms with Gasteiger partial charge in [0, 0.05) is 12.1 Å². The smallest absolute Gasteiger partial charge is 0.398 e. The van der Waals surface area contributed by atoms with Crippen molar-refractivity contribution in [3.8, 4) is 5.69 Å². The summed E-state index contributed by atoms with van der Waals surface area (Å²) in [7, 11) is 0. The molecule has 1 aromatic heterocycles. The quantitative estimate of drug-likeness (QED) is 0.869. The second kappa shape index (κ2) is 4.87. The molecular weight excluding hydrogens is 259 g/mol. The maximum atomic E-state index is 12.8. The predicted octanol–water partition coefficient (Wildman–Crippen LogP) is 2.22. The number of aryl methyl sites for hydroxylation is 1. The van der Waals surface area contributed by atoms with Gasteiger partial charge in [0.05, 0.1) is 11.3 Å². The van der Waals surface area contributed by atoms with Crippen LogP contribution in [0.4, 0.5) is 18.9 Å². The fourth-order valence-corrected chi connectivity index (χ4v) is 1.71. The molecule has 0 aliphatic carbocycles. The molecule has 0 amide bonds. The molecule has 0 radical (unpaired) electrons. The molecule has 0 saturated carbocycles. The highest BCUT2D eigenvalue weighted by atomic mass is 19.4. The van der Waals surface area contributed by atoms with Crippen LogP contribution in [0.2, 0.25) is 0 Å². The highest BCUT2D eigenvalue weighted by molar-refractivity contribution is 5.54. The minimum absolute atomic E-state index is 0.245. The molecule has 0 saturated heterocycles. The summed E-state index contributed by atoms with van der Waals surface area (Å²) in [6.07, 6.45) is -3.13. The second-order valence-corrected chi connectivity index (χ2v) is 4.03. The lowest BCUT2D eigenvalue weighted by molar-refractivity contribution is -0.136. The predicted molar refractivity (Wildman–Crippen MR) is 62.6 cm³/mol. The number of halogens is 3. The summed E-state index contributed by atoms with van der Waals surface area (Å²) in [4.78, 5) is 0. The van der Waals surface area contributed by atoms with Gasteiger partial charge in [0.1, 0.15) is 0 Å². The number of anilines is 1. The number of benzene rings is 1. The number of hydrogen-bond donors (Lipinski definition) is 1. The van der Waals surface area contributed by atoms with Gasteiger partial charge in [-0.15, -0.1) is 5.10 Å². The highest BCUT2D eigenvalue weighted by Gasteiger charge is 2.33. The first kappa shape index (κ1) is 13.3. The fourth-order valence-electron chi connectivity index (χ4n) is 1.71. The summed E-state index contributed by atoms with van der Waals surface area (Å²) >= 11 is 0. The SMILES string of the molecule is CCCc1nnnn1-c1ccc(N)c(C(F)(F)F)c1. The van der Waals surface area contributed by atoms with E-state index in [1.165, 1.54) is 16.8 Å². The molecule has 0 bridgehead atoms. The van der Waals surface area contributed by atoms with E-state index in [2.05, 4.69) is 15.5 Å². The van der Waals surface area contributed by atoms with E-state index in [1.54, 1.807) is 0 Å². The molecule has 2 aromatic rings. The molecule has 0 aliphatic heterocycles. The molecule has 0 unspecified atom stereocenters. The van der Waals surface area contributed by atoms with Crippen molar-refractivity contribution in [3.05, 3.63) is 29.6 Å². The van der Waals surface area contributed by atoms with E-state index in [-0.39, 0.29) is 11.4 Å². The van der Waals surface area contributed by atoms with Crippen LogP contribution in [0.1, 0.15) is 24.7 Å². The Balaban J connectivity index is 2.49. The zero-order valence-corrected chi connectivity index (χ0v) is 10.1. The van der Waals surface area contributed by atoms with Gasteiger partial charge in [-0.25, -0.2) is 0 Å². The topological polar surface area (TPSA) is 69.6 Å². The van der Waals surface area contributed by atoms with Gasteiger partial charge in [-0.1, -0.05) is 6.92 Å². The lowest BCUT2D eigenvalue weighted by atomic mass is 10.1. The molecule has 5 nitrogen and oxygen atoms in total. The largest absolute Gasteiger partial charge is 0.418 e. The molecule has 0 atom stereocenters. The second-order valence-electron chi connectivity index (χ2n) is 4.03. The van der Waals surface area contributed by atoms with Crippen molar-refractivity contribution in [2.45, 2.75) is 25.9 Å². The van der Waals surface area contributed by atoms with Crippen molar-refractivity contribution in [1.29, 1.82) is 0 Å². The number of alkyl halides is 3. The third-order valence-electron chi connectivity index (χ3n) is 2.59. The van der Waals surface area contributed by atoms with Crippen LogP contribution in [0.5, 0.6) is 0 Å². The molecule has 1 heterocycles. The molecule has 8 heteroatoms. The Morgan fingerprint density at radius 3 is 2.68 bits per heavy atom. The van der Waals surface area contributed by atoms with Gasteiger partial charge in [-0.2, -0.15) is 17.9 Å². The number of nitrogens with two attached hydrogens (primary N) is 1. The molecule has 102 valence electrons. The normalized spacial score (nSPS) is 11.8. The summed E-state index contributed by atoms with van der Waals surface area (Å²) < 4.78 is 39.6. The van der Waals surface area contributed by atoms with Crippen molar-refractivity contribution >= 4 is 5.69 Å². The monoisotopic (exact) mass is 271 g/mol. The third kappa shape index (κ3) is 2.67. The van der Waals surface area contributed by atoms with Crippen molar-refractivity contribution in [1.82, 2.24) is 20.2 Å². The number of nitrogens with zero attached hydrogens (tertiary/aromatic N) is 4. The molecule has 2 N–H and O–H groups in total. The van der Waals surface area contributed by atoms with Crippen LogP contribution >= 0.6 is 0 Å².